The highest BCUT2D eigenvalue weighted by Gasteiger charge is 2.20. The zero-order valence-corrected chi connectivity index (χ0v) is 14.2. The Morgan fingerprint density at radius 2 is 2.17 bits per heavy atom. The molecular weight excluding hydrogens is 302 g/mol. The Hall–Kier alpha value is -3.20. The first-order valence-corrected chi connectivity index (χ1v) is 7.48. The highest BCUT2D eigenvalue weighted by molar-refractivity contribution is 5.92. The fourth-order valence-electron chi connectivity index (χ4n) is 2.23. The molecule has 24 heavy (non-hydrogen) atoms. The van der Waals surface area contributed by atoms with E-state index >= 15 is 0 Å². The van der Waals surface area contributed by atoms with Crippen molar-refractivity contribution in [2.24, 2.45) is 10.1 Å². The first kappa shape index (κ1) is 17.2. The smallest absolute Gasteiger partial charge is 0.223 e. The maximum Gasteiger partial charge on any atom is 0.223 e. The number of nitrogens with zero attached hydrogens (tertiary/aromatic N) is 5. The van der Waals surface area contributed by atoms with Gasteiger partial charge in [0.25, 0.3) is 0 Å². The third kappa shape index (κ3) is 3.41. The zero-order chi connectivity index (χ0) is 17.7. The Morgan fingerprint density at radius 3 is 2.79 bits per heavy atom. The number of carbonyl (C=O) groups excluding carboxylic acids is 1. The number of hydrogen-bond acceptors (Lipinski definition) is 5. The van der Waals surface area contributed by atoms with Crippen molar-refractivity contribution < 1.29 is 4.79 Å². The fraction of sp³-hybridized carbons (Fsp3) is 0.222. The van der Waals surface area contributed by atoms with Gasteiger partial charge in [-0.05, 0) is 32.1 Å². The molecule has 0 bridgehead atoms. The van der Waals surface area contributed by atoms with E-state index in [0.29, 0.717) is 11.4 Å². The summed E-state index contributed by atoms with van der Waals surface area (Å²) in [6.07, 6.45) is 5.12. The van der Waals surface area contributed by atoms with E-state index in [1.54, 1.807) is 43.2 Å². The molecule has 0 N–H and O–H groups in total. The van der Waals surface area contributed by atoms with E-state index < -0.39 is 0 Å². The Morgan fingerprint density at radius 1 is 1.42 bits per heavy atom. The van der Waals surface area contributed by atoms with E-state index in [1.165, 1.54) is 6.92 Å². The molecule has 1 aliphatic rings. The molecule has 1 amide bonds. The molecule has 1 aromatic carbocycles. The van der Waals surface area contributed by atoms with Crippen molar-refractivity contribution in [3.05, 3.63) is 47.3 Å². The number of anilines is 1. The number of carbonyl (C=O) groups is 1. The summed E-state index contributed by atoms with van der Waals surface area (Å²) in [5.41, 5.74) is 2.91. The molecule has 6 nitrogen and oxygen atoms in total. The number of hydrazone groups is 1. The molecule has 0 aromatic heterocycles. The number of nitriles is 1. The Bertz CT molecular complexity index is 811. The average Bonchev–Trinajstić information content (AvgIpc) is 2.60. The van der Waals surface area contributed by atoms with Crippen LogP contribution in [0.2, 0.25) is 0 Å². The number of benzene rings is 1. The summed E-state index contributed by atoms with van der Waals surface area (Å²) >= 11 is 0. The maximum atomic E-state index is 11.6. The summed E-state index contributed by atoms with van der Waals surface area (Å²) in [6.45, 7) is 5.02. The number of hydrogen-bond donors (Lipinski definition) is 0. The third-order valence-corrected chi connectivity index (χ3v) is 3.59. The number of rotatable bonds is 3. The van der Waals surface area contributed by atoms with Crippen LogP contribution in [0.5, 0.6) is 0 Å². The highest BCUT2D eigenvalue weighted by Crippen LogP contribution is 2.30. The minimum absolute atomic E-state index is 0.0457. The summed E-state index contributed by atoms with van der Waals surface area (Å²) < 4.78 is 0. The van der Waals surface area contributed by atoms with Gasteiger partial charge < -0.3 is 4.90 Å². The lowest BCUT2D eigenvalue weighted by atomic mass is 10.1. The monoisotopic (exact) mass is 321 g/mol. The second kappa shape index (κ2) is 7.38. The number of aliphatic imine (C=N–C) groups is 1. The predicted molar refractivity (Wildman–Crippen MR) is 96.3 cm³/mol. The minimum atomic E-state index is -0.0457. The third-order valence-electron chi connectivity index (χ3n) is 3.59. The quantitative estimate of drug-likeness (QED) is 0.634. The van der Waals surface area contributed by atoms with Crippen molar-refractivity contribution in [2.75, 3.05) is 11.9 Å². The molecule has 0 aliphatic carbocycles. The molecule has 0 atom stereocenters. The zero-order valence-electron chi connectivity index (χ0n) is 14.2. The molecule has 1 aromatic rings. The van der Waals surface area contributed by atoms with Gasteiger partial charge in [-0.1, -0.05) is 12.1 Å². The number of amides is 1. The van der Waals surface area contributed by atoms with Crippen molar-refractivity contribution in [3.63, 3.8) is 0 Å². The highest BCUT2D eigenvalue weighted by atomic mass is 16.2. The fourth-order valence-corrected chi connectivity index (χ4v) is 2.23. The lowest BCUT2D eigenvalue weighted by molar-refractivity contribution is -0.116. The lowest BCUT2D eigenvalue weighted by Gasteiger charge is -2.26. The van der Waals surface area contributed by atoms with Crippen molar-refractivity contribution in [1.29, 1.82) is 5.26 Å². The standard InChI is InChI=1S/C18H19N5O/c1-5-21-23-17(9-10-20-18(23)13(2)12-19)15-7-6-8-16(11-15)22(4)14(3)24/h5-11H,1-4H3/b18-13+,21-5-. The van der Waals surface area contributed by atoms with Crippen LogP contribution in [0.3, 0.4) is 0 Å². The first-order chi connectivity index (χ1) is 11.5. The van der Waals surface area contributed by atoms with Crippen LogP contribution in [0.1, 0.15) is 26.3 Å². The van der Waals surface area contributed by atoms with E-state index in [4.69, 9.17) is 0 Å². The second-order valence-electron chi connectivity index (χ2n) is 5.20. The van der Waals surface area contributed by atoms with Gasteiger partial charge in [-0.3, -0.25) is 4.79 Å². The molecule has 122 valence electrons. The molecule has 1 aliphatic heterocycles. The van der Waals surface area contributed by atoms with Crippen LogP contribution >= 0.6 is 0 Å². The van der Waals surface area contributed by atoms with Gasteiger partial charge in [-0.2, -0.15) is 10.4 Å². The van der Waals surface area contributed by atoms with Gasteiger partial charge in [0, 0.05) is 37.7 Å². The summed E-state index contributed by atoms with van der Waals surface area (Å²) in [5.74, 6) is 0.439. The topological polar surface area (TPSA) is 72.1 Å². The van der Waals surface area contributed by atoms with Gasteiger partial charge >= 0.3 is 0 Å². The molecule has 2 rings (SSSR count). The summed E-state index contributed by atoms with van der Waals surface area (Å²) in [5, 5.41) is 15.2. The second-order valence-corrected chi connectivity index (χ2v) is 5.20. The van der Waals surface area contributed by atoms with Gasteiger partial charge in [-0.25, -0.2) is 10.0 Å². The minimum Gasteiger partial charge on any atom is -0.316 e. The van der Waals surface area contributed by atoms with Gasteiger partial charge in [0.1, 0.15) is 0 Å². The Balaban J connectivity index is 2.53. The van der Waals surface area contributed by atoms with Gasteiger partial charge in [0.05, 0.1) is 17.3 Å². The summed E-state index contributed by atoms with van der Waals surface area (Å²) in [7, 11) is 1.73. The molecule has 0 spiro atoms. The molecule has 0 saturated carbocycles. The van der Waals surface area contributed by atoms with Crippen molar-refractivity contribution in [1.82, 2.24) is 5.01 Å². The summed E-state index contributed by atoms with van der Waals surface area (Å²) in [4.78, 5) is 17.4. The van der Waals surface area contributed by atoms with Crippen LogP contribution in [0.4, 0.5) is 5.69 Å². The van der Waals surface area contributed by atoms with Crippen LogP contribution in [0, 0.1) is 11.3 Å². The van der Waals surface area contributed by atoms with Crippen LogP contribution in [-0.2, 0) is 4.79 Å². The van der Waals surface area contributed by atoms with E-state index in [-0.39, 0.29) is 5.91 Å². The van der Waals surface area contributed by atoms with Crippen LogP contribution < -0.4 is 4.90 Å². The van der Waals surface area contributed by atoms with Crippen LogP contribution in [0.25, 0.3) is 5.70 Å². The first-order valence-electron chi connectivity index (χ1n) is 7.48. The Labute approximate surface area is 141 Å². The molecule has 1 heterocycles. The van der Waals surface area contributed by atoms with Gasteiger partial charge in [0.2, 0.25) is 5.91 Å². The molecule has 0 saturated heterocycles. The molecular formula is C18H19N5O. The SMILES string of the molecule is C/C=N\N1C(c2cccc(N(C)C(C)=O)c2)=CC=N/C1=C(/C)C#N. The van der Waals surface area contributed by atoms with E-state index in [0.717, 1.165) is 16.9 Å². The number of allylic oxidation sites excluding steroid dienone is 2. The van der Waals surface area contributed by atoms with E-state index in [9.17, 15) is 10.1 Å². The van der Waals surface area contributed by atoms with Gasteiger partial charge in [-0.15, -0.1) is 0 Å². The summed E-state index contributed by atoms with van der Waals surface area (Å²) in [6, 6.07) is 9.70. The molecule has 0 unspecified atom stereocenters. The van der Waals surface area contributed by atoms with Crippen molar-refractivity contribution in [2.45, 2.75) is 20.8 Å². The average molecular weight is 321 g/mol. The van der Waals surface area contributed by atoms with Gasteiger partial charge in [0.15, 0.2) is 5.82 Å². The normalized spacial score (nSPS) is 16.0. The van der Waals surface area contributed by atoms with Crippen molar-refractivity contribution in [3.8, 4) is 6.07 Å². The van der Waals surface area contributed by atoms with E-state index in [2.05, 4.69) is 16.2 Å². The molecule has 0 fully saturated rings. The molecule has 0 radical (unpaired) electrons. The van der Waals surface area contributed by atoms with E-state index in [1.807, 2.05) is 30.3 Å². The van der Waals surface area contributed by atoms with Crippen molar-refractivity contribution >= 4 is 29.7 Å². The van der Waals surface area contributed by atoms with Crippen LogP contribution in [0.15, 0.2) is 51.8 Å². The molecule has 6 heteroatoms. The largest absolute Gasteiger partial charge is 0.316 e. The Kier molecular flexibility index (Phi) is 5.27. The lowest BCUT2D eigenvalue weighted by Crippen LogP contribution is -2.23. The van der Waals surface area contributed by atoms with Crippen LogP contribution in [-0.4, -0.2) is 30.4 Å². The maximum absolute atomic E-state index is 11.6. The predicted octanol–water partition coefficient (Wildman–Crippen LogP) is 3.16.